The molecule has 0 saturated carbocycles. The molecule has 0 unspecified atom stereocenters. The van der Waals surface area contributed by atoms with Crippen LogP contribution in [0.4, 0.5) is 0 Å². The van der Waals surface area contributed by atoms with Crippen LogP contribution >= 0.6 is 0 Å². The number of amides is 2. The highest BCUT2D eigenvalue weighted by molar-refractivity contribution is 7.89. The van der Waals surface area contributed by atoms with Crippen LogP contribution in [0.1, 0.15) is 50.0 Å². The quantitative estimate of drug-likeness (QED) is 0.600. The van der Waals surface area contributed by atoms with Gasteiger partial charge in [-0.05, 0) is 51.3 Å². The number of hydrogen-bond acceptors (Lipinski definition) is 5. The number of hydrogen-bond donors (Lipinski definition) is 2. The van der Waals surface area contributed by atoms with Gasteiger partial charge in [0.1, 0.15) is 10.6 Å². The van der Waals surface area contributed by atoms with Crippen LogP contribution in [0.5, 0.6) is 0 Å². The third-order valence-electron chi connectivity index (χ3n) is 6.23. The van der Waals surface area contributed by atoms with Gasteiger partial charge < -0.3 is 20.1 Å². The van der Waals surface area contributed by atoms with Crippen molar-refractivity contribution in [3.05, 3.63) is 18.0 Å². The Morgan fingerprint density at radius 2 is 1.78 bits per heavy atom. The normalized spacial score (nSPS) is 19.0. The lowest BCUT2D eigenvalue weighted by molar-refractivity contribution is -0.126. The molecule has 0 atom stereocenters. The van der Waals surface area contributed by atoms with E-state index in [0.29, 0.717) is 51.3 Å². The SMILES string of the molecule is CN(C)CC(C)(C)CNC(=O)C1CCN(S(=O)(=O)c2c[nH]c(C(=O)N3CCCC3)c2)CC1. The van der Waals surface area contributed by atoms with Crippen molar-refractivity contribution in [2.45, 2.75) is 44.4 Å². The molecule has 3 rings (SSSR count). The minimum atomic E-state index is -3.70. The maximum absolute atomic E-state index is 13.1. The molecule has 2 fully saturated rings. The van der Waals surface area contributed by atoms with Gasteiger partial charge in [-0.1, -0.05) is 13.8 Å². The Morgan fingerprint density at radius 3 is 2.38 bits per heavy atom. The first kappa shape index (κ1) is 24.7. The summed E-state index contributed by atoms with van der Waals surface area (Å²) < 4.78 is 27.5. The Balaban J connectivity index is 1.54. The van der Waals surface area contributed by atoms with E-state index in [2.05, 4.69) is 29.0 Å². The van der Waals surface area contributed by atoms with E-state index in [1.54, 1.807) is 4.90 Å². The molecule has 2 aliphatic rings. The van der Waals surface area contributed by atoms with Crippen LogP contribution in [0, 0.1) is 11.3 Å². The highest BCUT2D eigenvalue weighted by Gasteiger charge is 2.34. The van der Waals surface area contributed by atoms with Crippen molar-refractivity contribution in [1.29, 1.82) is 0 Å². The summed E-state index contributed by atoms with van der Waals surface area (Å²) in [5.41, 5.74) is 0.266. The van der Waals surface area contributed by atoms with Gasteiger partial charge in [0.2, 0.25) is 15.9 Å². The number of sulfonamides is 1. The average molecular weight is 468 g/mol. The summed E-state index contributed by atoms with van der Waals surface area (Å²) >= 11 is 0. The Hall–Kier alpha value is -1.91. The fourth-order valence-electron chi connectivity index (χ4n) is 4.63. The van der Waals surface area contributed by atoms with E-state index >= 15 is 0 Å². The predicted molar refractivity (Wildman–Crippen MR) is 123 cm³/mol. The van der Waals surface area contributed by atoms with Crippen LogP contribution < -0.4 is 5.32 Å². The molecule has 3 heterocycles. The molecule has 2 amide bonds. The second-order valence-corrected chi connectivity index (χ2v) is 12.0. The van der Waals surface area contributed by atoms with E-state index in [-0.39, 0.29) is 28.0 Å². The third-order valence-corrected chi connectivity index (χ3v) is 8.10. The van der Waals surface area contributed by atoms with Crippen molar-refractivity contribution < 1.29 is 18.0 Å². The molecule has 0 radical (unpaired) electrons. The standard InChI is InChI=1S/C22H37N5O4S/c1-22(2,16-25(3)4)15-24-20(28)17-7-11-27(12-8-17)32(30,31)18-13-19(23-14-18)21(29)26-9-5-6-10-26/h13-14,17,23H,5-12,15-16H2,1-4H3,(H,24,28). The minimum Gasteiger partial charge on any atom is -0.356 e. The molecule has 1 aromatic heterocycles. The molecule has 2 N–H and O–H groups in total. The summed E-state index contributed by atoms with van der Waals surface area (Å²) in [6.07, 6.45) is 4.33. The molecule has 2 saturated heterocycles. The van der Waals surface area contributed by atoms with E-state index in [1.165, 1.54) is 16.6 Å². The monoisotopic (exact) mass is 467 g/mol. The lowest BCUT2D eigenvalue weighted by atomic mass is 9.91. The molecular weight excluding hydrogens is 430 g/mol. The lowest BCUT2D eigenvalue weighted by Crippen LogP contribution is -2.45. The smallest absolute Gasteiger partial charge is 0.270 e. The second kappa shape index (κ2) is 9.93. The van der Waals surface area contributed by atoms with Crippen molar-refractivity contribution in [1.82, 2.24) is 24.4 Å². The topological polar surface area (TPSA) is 106 Å². The maximum atomic E-state index is 13.1. The van der Waals surface area contributed by atoms with Crippen LogP contribution in [-0.4, -0.2) is 92.7 Å². The number of rotatable bonds is 8. The Kier molecular flexibility index (Phi) is 7.67. The molecule has 9 nitrogen and oxygen atoms in total. The van der Waals surface area contributed by atoms with Gasteiger partial charge in [-0.25, -0.2) is 8.42 Å². The number of aromatic amines is 1. The molecule has 10 heteroatoms. The Labute approximate surface area is 191 Å². The minimum absolute atomic E-state index is 0.00554. The van der Waals surface area contributed by atoms with Gasteiger partial charge in [0.25, 0.3) is 5.91 Å². The van der Waals surface area contributed by atoms with Gasteiger partial charge >= 0.3 is 0 Å². The molecule has 2 aliphatic heterocycles. The largest absolute Gasteiger partial charge is 0.356 e. The zero-order valence-corrected chi connectivity index (χ0v) is 20.5. The molecule has 1 aromatic rings. The first-order valence-electron chi connectivity index (χ1n) is 11.4. The number of carbonyl (C=O) groups is 2. The Bertz CT molecular complexity index is 911. The van der Waals surface area contributed by atoms with Crippen molar-refractivity contribution >= 4 is 21.8 Å². The predicted octanol–water partition coefficient (Wildman–Crippen LogP) is 1.36. The highest BCUT2D eigenvalue weighted by Crippen LogP contribution is 2.25. The first-order chi connectivity index (χ1) is 15.0. The van der Waals surface area contributed by atoms with Gasteiger partial charge in [0.15, 0.2) is 0 Å². The number of piperidine rings is 1. The van der Waals surface area contributed by atoms with Crippen molar-refractivity contribution in [3.63, 3.8) is 0 Å². The van der Waals surface area contributed by atoms with Crippen LogP contribution in [0.15, 0.2) is 17.2 Å². The molecule has 180 valence electrons. The molecule has 0 spiro atoms. The fourth-order valence-corrected chi connectivity index (χ4v) is 6.09. The molecule has 32 heavy (non-hydrogen) atoms. The van der Waals surface area contributed by atoms with Crippen LogP contribution in [0.2, 0.25) is 0 Å². The van der Waals surface area contributed by atoms with E-state index in [1.807, 2.05) is 14.1 Å². The van der Waals surface area contributed by atoms with Gasteiger partial charge in [0, 0.05) is 51.4 Å². The van der Waals surface area contributed by atoms with Crippen LogP contribution in [0.3, 0.4) is 0 Å². The van der Waals surface area contributed by atoms with Crippen molar-refractivity contribution in [3.8, 4) is 0 Å². The van der Waals surface area contributed by atoms with E-state index in [9.17, 15) is 18.0 Å². The van der Waals surface area contributed by atoms with Gasteiger partial charge in [-0.2, -0.15) is 4.31 Å². The first-order valence-corrected chi connectivity index (χ1v) is 12.8. The number of H-pyrrole nitrogens is 1. The molecule has 0 aromatic carbocycles. The second-order valence-electron chi connectivity index (χ2n) is 10.0. The zero-order chi connectivity index (χ0) is 23.5. The molecule has 0 aliphatic carbocycles. The fraction of sp³-hybridized carbons (Fsp3) is 0.727. The lowest BCUT2D eigenvalue weighted by Gasteiger charge is -2.32. The van der Waals surface area contributed by atoms with Gasteiger partial charge in [0.05, 0.1) is 0 Å². The maximum Gasteiger partial charge on any atom is 0.270 e. The molecular formula is C22H37N5O4S. The number of carbonyl (C=O) groups excluding carboxylic acids is 2. The van der Waals surface area contributed by atoms with Crippen molar-refractivity contribution in [2.24, 2.45) is 11.3 Å². The number of aromatic nitrogens is 1. The third kappa shape index (κ3) is 5.90. The molecule has 0 bridgehead atoms. The van der Waals surface area contributed by atoms with E-state index in [0.717, 1.165) is 19.4 Å². The van der Waals surface area contributed by atoms with E-state index < -0.39 is 10.0 Å². The number of nitrogens with one attached hydrogen (secondary N) is 2. The van der Waals surface area contributed by atoms with Gasteiger partial charge in [-0.3, -0.25) is 9.59 Å². The number of nitrogens with zero attached hydrogens (tertiary/aromatic N) is 3. The number of likely N-dealkylation sites (tertiary alicyclic amines) is 1. The Morgan fingerprint density at radius 1 is 1.16 bits per heavy atom. The van der Waals surface area contributed by atoms with Gasteiger partial charge in [-0.15, -0.1) is 0 Å². The summed E-state index contributed by atoms with van der Waals surface area (Å²) in [6, 6.07) is 1.43. The average Bonchev–Trinajstić information content (AvgIpc) is 3.43. The van der Waals surface area contributed by atoms with Crippen LogP contribution in [0.25, 0.3) is 0 Å². The summed E-state index contributed by atoms with van der Waals surface area (Å²) in [6.45, 7) is 7.68. The van der Waals surface area contributed by atoms with E-state index in [4.69, 9.17) is 0 Å². The highest BCUT2D eigenvalue weighted by atomic mass is 32.2. The van der Waals surface area contributed by atoms with Crippen LogP contribution in [-0.2, 0) is 14.8 Å². The summed E-state index contributed by atoms with van der Waals surface area (Å²) in [5, 5.41) is 3.05. The summed E-state index contributed by atoms with van der Waals surface area (Å²) in [7, 11) is 0.317. The van der Waals surface area contributed by atoms with Crippen molar-refractivity contribution in [2.75, 3.05) is 53.4 Å². The zero-order valence-electron chi connectivity index (χ0n) is 19.7. The summed E-state index contributed by atoms with van der Waals surface area (Å²) in [5.74, 6) is -0.347. The summed E-state index contributed by atoms with van der Waals surface area (Å²) in [4.78, 5) is 31.9.